The summed E-state index contributed by atoms with van der Waals surface area (Å²) in [6.45, 7) is 2.32. The first-order valence-electron chi connectivity index (χ1n) is 15.1. The van der Waals surface area contributed by atoms with E-state index in [2.05, 4.69) is 5.32 Å². The lowest BCUT2D eigenvalue weighted by atomic mass is 9.85. The molecule has 3 atom stereocenters. The predicted molar refractivity (Wildman–Crippen MR) is 157 cm³/mol. The van der Waals surface area contributed by atoms with Gasteiger partial charge in [-0.05, 0) is 43.7 Å². The van der Waals surface area contributed by atoms with E-state index in [-0.39, 0.29) is 61.0 Å². The standard InChI is InChI=1S/C34H41N3O4/c1-24-16-18-26(19-17-24)23-37(31(38)20-21-36-33(40)28-14-8-9-15-29(28)34(36)41)30(22-25-10-4-2-5-11-25)32(39)35-27-12-6-3-7-13-27/h2,4-5,8-11,16-19,27-30H,3,6-7,12-15,20-23H2,1H3,(H,35,39)/t28-,29+,30-/m0/s1. The molecule has 1 aliphatic heterocycles. The minimum Gasteiger partial charge on any atom is -0.352 e. The number of rotatable bonds is 10. The molecule has 0 spiro atoms. The first-order valence-corrected chi connectivity index (χ1v) is 15.1. The maximum atomic E-state index is 14.0. The normalized spacial score (nSPS) is 21.4. The van der Waals surface area contributed by atoms with Crippen LogP contribution in [0.3, 0.4) is 0 Å². The van der Waals surface area contributed by atoms with Crippen molar-refractivity contribution in [2.45, 2.75) is 83.3 Å². The summed E-state index contributed by atoms with van der Waals surface area (Å²) < 4.78 is 0. The third-order valence-corrected chi connectivity index (χ3v) is 8.84. The Balaban J connectivity index is 1.38. The van der Waals surface area contributed by atoms with Crippen LogP contribution in [0.2, 0.25) is 0 Å². The molecular formula is C34H41N3O4. The van der Waals surface area contributed by atoms with Gasteiger partial charge in [0.1, 0.15) is 6.04 Å². The fourth-order valence-corrected chi connectivity index (χ4v) is 6.43. The number of nitrogens with one attached hydrogen (secondary N) is 1. The van der Waals surface area contributed by atoms with Crippen LogP contribution in [0.15, 0.2) is 66.7 Å². The zero-order chi connectivity index (χ0) is 28.8. The summed E-state index contributed by atoms with van der Waals surface area (Å²) in [6.07, 6.45) is 10.7. The molecule has 3 aliphatic rings. The molecule has 1 saturated carbocycles. The second-order valence-electron chi connectivity index (χ2n) is 11.8. The number of allylic oxidation sites excluding steroid dienone is 2. The van der Waals surface area contributed by atoms with Crippen LogP contribution >= 0.6 is 0 Å². The van der Waals surface area contributed by atoms with Gasteiger partial charge >= 0.3 is 0 Å². The molecule has 2 fully saturated rings. The third kappa shape index (κ3) is 6.95. The number of hydrogen-bond donors (Lipinski definition) is 1. The van der Waals surface area contributed by atoms with Crippen molar-refractivity contribution >= 4 is 23.6 Å². The van der Waals surface area contributed by atoms with E-state index >= 15 is 0 Å². The van der Waals surface area contributed by atoms with E-state index < -0.39 is 6.04 Å². The number of nitrogens with zero attached hydrogens (tertiary/aromatic N) is 2. The summed E-state index contributed by atoms with van der Waals surface area (Å²) in [6, 6.07) is 17.2. The summed E-state index contributed by atoms with van der Waals surface area (Å²) >= 11 is 0. The topological polar surface area (TPSA) is 86.8 Å². The number of imide groups is 1. The Morgan fingerprint density at radius 2 is 1.51 bits per heavy atom. The molecule has 41 heavy (non-hydrogen) atoms. The molecule has 0 aromatic heterocycles. The van der Waals surface area contributed by atoms with Crippen molar-refractivity contribution in [2.75, 3.05) is 6.54 Å². The Bertz CT molecular complexity index is 1240. The molecule has 7 heteroatoms. The Kier molecular flexibility index (Phi) is 9.32. The average Bonchev–Trinajstić information content (AvgIpc) is 3.24. The molecule has 0 unspecified atom stereocenters. The van der Waals surface area contributed by atoms with Crippen LogP contribution in [-0.4, -0.2) is 52.1 Å². The van der Waals surface area contributed by atoms with Crippen molar-refractivity contribution in [3.05, 3.63) is 83.4 Å². The van der Waals surface area contributed by atoms with Crippen LogP contribution in [0.1, 0.15) is 68.1 Å². The summed E-state index contributed by atoms with van der Waals surface area (Å²) in [5.41, 5.74) is 3.02. The SMILES string of the molecule is Cc1ccc(CN(C(=O)CCN2C(=O)[C@H]3CC=CC[C@H]3C2=O)[C@@H](Cc2ccccc2)C(=O)NC2CCCCC2)cc1. The number of hydrogen-bond acceptors (Lipinski definition) is 4. The van der Waals surface area contributed by atoms with Crippen LogP contribution in [0.25, 0.3) is 0 Å². The lowest BCUT2D eigenvalue weighted by Crippen LogP contribution is -2.53. The number of carbonyl (C=O) groups is 4. The summed E-state index contributed by atoms with van der Waals surface area (Å²) in [7, 11) is 0. The lowest BCUT2D eigenvalue weighted by molar-refractivity contribution is -0.144. The molecule has 0 bridgehead atoms. The van der Waals surface area contributed by atoms with Gasteiger partial charge in [0.2, 0.25) is 23.6 Å². The van der Waals surface area contributed by atoms with Gasteiger partial charge in [0.15, 0.2) is 0 Å². The van der Waals surface area contributed by atoms with Crippen LogP contribution in [0.5, 0.6) is 0 Å². The van der Waals surface area contributed by atoms with Crippen molar-refractivity contribution < 1.29 is 19.2 Å². The van der Waals surface area contributed by atoms with E-state index in [0.717, 1.165) is 42.4 Å². The molecule has 4 amide bonds. The highest BCUT2D eigenvalue weighted by atomic mass is 16.2. The van der Waals surface area contributed by atoms with Crippen molar-refractivity contribution in [1.82, 2.24) is 15.1 Å². The molecule has 7 nitrogen and oxygen atoms in total. The molecule has 2 aliphatic carbocycles. The number of fused-ring (bicyclic) bond motifs is 1. The molecule has 5 rings (SSSR count). The lowest BCUT2D eigenvalue weighted by Gasteiger charge is -2.34. The molecule has 2 aromatic rings. The summed E-state index contributed by atoms with van der Waals surface area (Å²) in [4.78, 5) is 56.9. The second kappa shape index (κ2) is 13.3. The van der Waals surface area contributed by atoms with Gasteiger partial charge in [0, 0.05) is 32.0 Å². The minimum absolute atomic E-state index is 0.0157. The molecule has 1 N–H and O–H groups in total. The van der Waals surface area contributed by atoms with Crippen LogP contribution in [0.4, 0.5) is 0 Å². The highest BCUT2D eigenvalue weighted by Crippen LogP contribution is 2.35. The molecule has 216 valence electrons. The monoisotopic (exact) mass is 555 g/mol. The predicted octanol–water partition coefficient (Wildman–Crippen LogP) is 4.73. The second-order valence-corrected chi connectivity index (χ2v) is 11.8. The number of likely N-dealkylation sites (tertiary alicyclic amines) is 1. The zero-order valence-corrected chi connectivity index (χ0v) is 24.0. The number of amides is 4. The van der Waals surface area contributed by atoms with Crippen molar-refractivity contribution in [1.29, 1.82) is 0 Å². The van der Waals surface area contributed by atoms with Gasteiger partial charge in [0.25, 0.3) is 0 Å². The van der Waals surface area contributed by atoms with Gasteiger partial charge in [0.05, 0.1) is 11.8 Å². The van der Waals surface area contributed by atoms with Crippen LogP contribution in [-0.2, 0) is 32.1 Å². The summed E-state index contributed by atoms with van der Waals surface area (Å²) in [5, 5.41) is 3.26. The van der Waals surface area contributed by atoms with E-state index in [1.165, 1.54) is 11.3 Å². The maximum absolute atomic E-state index is 14.0. The fraction of sp³-hybridized carbons (Fsp3) is 0.471. The zero-order valence-electron chi connectivity index (χ0n) is 24.0. The smallest absolute Gasteiger partial charge is 0.243 e. The average molecular weight is 556 g/mol. The largest absolute Gasteiger partial charge is 0.352 e. The van der Waals surface area contributed by atoms with Gasteiger partial charge in [-0.25, -0.2) is 0 Å². The maximum Gasteiger partial charge on any atom is 0.243 e. The van der Waals surface area contributed by atoms with E-state index in [4.69, 9.17) is 0 Å². The fourth-order valence-electron chi connectivity index (χ4n) is 6.43. The van der Waals surface area contributed by atoms with Gasteiger partial charge in [-0.3, -0.25) is 24.1 Å². The van der Waals surface area contributed by atoms with Crippen molar-refractivity contribution in [2.24, 2.45) is 11.8 Å². The Morgan fingerprint density at radius 1 is 0.878 bits per heavy atom. The van der Waals surface area contributed by atoms with Gasteiger partial charge < -0.3 is 10.2 Å². The van der Waals surface area contributed by atoms with Crippen LogP contribution in [0, 0.1) is 18.8 Å². The van der Waals surface area contributed by atoms with E-state index in [1.807, 2.05) is 73.7 Å². The summed E-state index contributed by atoms with van der Waals surface area (Å²) in [5.74, 6) is -1.39. The number of carbonyl (C=O) groups excluding carboxylic acids is 4. The Labute approximate surface area is 243 Å². The van der Waals surface area contributed by atoms with E-state index in [9.17, 15) is 19.2 Å². The Hall–Kier alpha value is -3.74. The molecule has 0 radical (unpaired) electrons. The van der Waals surface area contributed by atoms with Gasteiger partial charge in [-0.1, -0.05) is 91.6 Å². The third-order valence-electron chi connectivity index (χ3n) is 8.84. The minimum atomic E-state index is -0.718. The Morgan fingerprint density at radius 3 is 2.15 bits per heavy atom. The van der Waals surface area contributed by atoms with Crippen LogP contribution < -0.4 is 5.32 Å². The highest BCUT2D eigenvalue weighted by molar-refractivity contribution is 6.05. The van der Waals surface area contributed by atoms with E-state index in [1.54, 1.807) is 4.90 Å². The van der Waals surface area contributed by atoms with Crippen molar-refractivity contribution in [3.8, 4) is 0 Å². The molecule has 1 heterocycles. The van der Waals surface area contributed by atoms with Gasteiger partial charge in [-0.2, -0.15) is 0 Å². The van der Waals surface area contributed by atoms with E-state index in [0.29, 0.717) is 19.3 Å². The molecule has 1 saturated heterocycles. The number of aryl methyl sites for hydroxylation is 1. The molecule has 2 aromatic carbocycles. The first-order chi connectivity index (χ1) is 19.9. The molecular weight excluding hydrogens is 514 g/mol. The highest BCUT2D eigenvalue weighted by Gasteiger charge is 2.47. The first kappa shape index (κ1) is 28.8. The number of benzene rings is 2. The van der Waals surface area contributed by atoms with Crippen molar-refractivity contribution in [3.63, 3.8) is 0 Å². The van der Waals surface area contributed by atoms with Gasteiger partial charge in [-0.15, -0.1) is 0 Å². The quantitative estimate of drug-likeness (QED) is 0.339.